The second kappa shape index (κ2) is 5.93. The van der Waals surface area contributed by atoms with E-state index in [-0.39, 0.29) is 12.7 Å². The Labute approximate surface area is 110 Å². The average Bonchev–Trinajstić information content (AvgIpc) is 2.83. The Morgan fingerprint density at radius 1 is 1.50 bits per heavy atom. The first kappa shape index (κ1) is 13.0. The summed E-state index contributed by atoms with van der Waals surface area (Å²) in [7, 11) is 1.62. The van der Waals surface area contributed by atoms with Gasteiger partial charge in [0, 0.05) is 25.8 Å². The summed E-state index contributed by atoms with van der Waals surface area (Å²) in [5, 5.41) is 3.16. The van der Waals surface area contributed by atoms with Crippen LogP contribution in [0.5, 0.6) is 11.5 Å². The number of fused-ring (bicyclic) bond motifs is 1. The van der Waals surface area contributed by atoms with E-state index in [4.69, 9.17) is 25.8 Å². The number of benzene rings is 1. The molecule has 0 unspecified atom stereocenters. The molecule has 18 heavy (non-hydrogen) atoms. The number of halogens is 1. The molecule has 0 spiro atoms. The summed E-state index contributed by atoms with van der Waals surface area (Å²) in [6.45, 7) is 1.30. The molecule has 5 nitrogen and oxygen atoms in total. The molecule has 2 rings (SSSR count). The lowest BCUT2D eigenvalue weighted by Gasteiger charge is -2.06. The van der Waals surface area contributed by atoms with Crippen LogP contribution < -0.4 is 14.8 Å². The fraction of sp³-hybridized carbons (Fsp3) is 0.417. The highest BCUT2D eigenvalue weighted by Crippen LogP contribution is 2.39. The van der Waals surface area contributed by atoms with Gasteiger partial charge in [-0.05, 0) is 18.6 Å². The van der Waals surface area contributed by atoms with E-state index in [2.05, 4.69) is 5.32 Å². The van der Waals surface area contributed by atoms with Crippen molar-refractivity contribution < 1.29 is 19.0 Å². The number of amides is 1. The van der Waals surface area contributed by atoms with Crippen LogP contribution in [0.4, 0.5) is 0 Å². The monoisotopic (exact) mass is 271 g/mol. The van der Waals surface area contributed by atoms with Crippen LogP contribution in [0.3, 0.4) is 0 Å². The predicted octanol–water partition coefficient (Wildman–Crippen LogP) is 1.83. The zero-order chi connectivity index (χ0) is 13.0. The van der Waals surface area contributed by atoms with Crippen molar-refractivity contribution in [1.29, 1.82) is 0 Å². The molecule has 1 aromatic rings. The van der Waals surface area contributed by atoms with Gasteiger partial charge in [-0.15, -0.1) is 0 Å². The van der Waals surface area contributed by atoms with Gasteiger partial charge in [0.05, 0.1) is 5.02 Å². The molecule has 0 saturated carbocycles. The van der Waals surface area contributed by atoms with Crippen LogP contribution >= 0.6 is 11.6 Å². The number of ether oxygens (including phenoxy) is 3. The number of hydrogen-bond donors (Lipinski definition) is 1. The molecule has 1 aliphatic heterocycles. The molecule has 0 aliphatic carbocycles. The topological polar surface area (TPSA) is 56.8 Å². The van der Waals surface area contributed by atoms with Crippen molar-refractivity contribution in [1.82, 2.24) is 5.32 Å². The van der Waals surface area contributed by atoms with Gasteiger partial charge in [-0.3, -0.25) is 4.79 Å². The quantitative estimate of drug-likeness (QED) is 0.830. The summed E-state index contributed by atoms with van der Waals surface area (Å²) in [6, 6.07) is 3.20. The molecule has 1 heterocycles. The fourth-order valence-electron chi connectivity index (χ4n) is 1.62. The summed E-state index contributed by atoms with van der Waals surface area (Å²) in [4.78, 5) is 11.9. The van der Waals surface area contributed by atoms with E-state index >= 15 is 0 Å². The van der Waals surface area contributed by atoms with Crippen LogP contribution in [0.1, 0.15) is 16.8 Å². The Morgan fingerprint density at radius 2 is 2.33 bits per heavy atom. The first-order chi connectivity index (χ1) is 8.72. The number of nitrogens with one attached hydrogen (secondary N) is 1. The summed E-state index contributed by atoms with van der Waals surface area (Å²) < 4.78 is 15.3. The van der Waals surface area contributed by atoms with Crippen LogP contribution in [0.2, 0.25) is 5.02 Å². The van der Waals surface area contributed by atoms with Gasteiger partial charge in [0.1, 0.15) is 0 Å². The predicted molar refractivity (Wildman–Crippen MR) is 66.4 cm³/mol. The van der Waals surface area contributed by atoms with Gasteiger partial charge in [-0.2, -0.15) is 0 Å². The van der Waals surface area contributed by atoms with Crippen molar-refractivity contribution in [3.05, 3.63) is 22.7 Å². The summed E-state index contributed by atoms with van der Waals surface area (Å²) >= 11 is 6.00. The number of carbonyl (C=O) groups is 1. The van der Waals surface area contributed by atoms with Crippen LogP contribution in [-0.2, 0) is 4.74 Å². The second-order valence-electron chi connectivity index (χ2n) is 3.79. The molecule has 1 aromatic carbocycles. The third kappa shape index (κ3) is 2.86. The maximum Gasteiger partial charge on any atom is 0.251 e. The zero-order valence-corrected chi connectivity index (χ0v) is 10.8. The molecule has 0 saturated heterocycles. The Balaban J connectivity index is 2.00. The van der Waals surface area contributed by atoms with Crippen LogP contribution in [0.15, 0.2) is 12.1 Å². The van der Waals surface area contributed by atoms with Crippen LogP contribution in [0, 0.1) is 0 Å². The molecule has 1 N–H and O–H groups in total. The first-order valence-electron chi connectivity index (χ1n) is 5.58. The highest BCUT2D eigenvalue weighted by Gasteiger charge is 2.20. The van der Waals surface area contributed by atoms with Crippen LogP contribution in [-0.4, -0.2) is 33.0 Å². The maximum atomic E-state index is 11.9. The molecule has 6 heteroatoms. The summed E-state index contributed by atoms with van der Waals surface area (Å²) in [5.74, 6) is 0.809. The number of carbonyl (C=O) groups excluding carboxylic acids is 1. The molecule has 0 bridgehead atoms. The number of rotatable bonds is 5. The van der Waals surface area contributed by atoms with E-state index in [0.717, 1.165) is 6.42 Å². The molecular weight excluding hydrogens is 258 g/mol. The van der Waals surface area contributed by atoms with Crippen molar-refractivity contribution in [2.75, 3.05) is 27.1 Å². The van der Waals surface area contributed by atoms with E-state index in [1.54, 1.807) is 19.2 Å². The smallest absolute Gasteiger partial charge is 0.251 e. The minimum Gasteiger partial charge on any atom is -0.454 e. The van der Waals surface area contributed by atoms with Crippen molar-refractivity contribution >= 4 is 17.5 Å². The molecule has 98 valence electrons. The van der Waals surface area contributed by atoms with Gasteiger partial charge >= 0.3 is 0 Å². The Kier molecular flexibility index (Phi) is 4.28. The lowest BCUT2D eigenvalue weighted by atomic mass is 10.2. The molecule has 0 aromatic heterocycles. The Bertz CT molecular complexity index is 450. The lowest BCUT2D eigenvalue weighted by molar-refractivity contribution is 0.0948. The average molecular weight is 272 g/mol. The third-order valence-electron chi connectivity index (χ3n) is 2.50. The molecular formula is C12H14ClNO4. The maximum absolute atomic E-state index is 11.9. The molecule has 0 radical (unpaired) electrons. The SMILES string of the molecule is COCCCNC(=O)c1cc(Cl)c2c(c1)OCO2. The number of methoxy groups -OCH3 is 1. The fourth-order valence-corrected chi connectivity index (χ4v) is 1.88. The normalized spacial score (nSPS) is 12.6. The van der Waals surface area contributed by atoms with Gasteiger partial charge in [-0.25, -0.2) is 0 Å². The van der Waals surface area contributed by atoms with Gasteiger partial charge < -0.3 is 19.5 Å². The van der Waals surface area contributed by atoms with Gasteiger partial charge in [0.2, 0.25) is 6.79 Å². The molecule has 0 atom stereocenters. The Morgan fingerprint density at radius 3 is 3.11 bits per heavy atom. The third-order valence-corrected chi connectivity index (χ3v) is 2.78. The van der Waals surface area contributed by atoms with Gasteiger partial charge in [-0.1, -0.05) is 11.6 Å². The zero-order valence-electron chi connectivity index (χ0n) is 9.99. The lowest BCUT2D eigenvalue weighted by Crippen LogP contribution is -2.25. The highest BCUT2D eigenvalue weighted by atomic mass is 35.5. The summed E-state index contributed by atoms with van der Waals surface area (Å²) in [6.07, 6.45) is 0.764. The summed E-state index contributed by atoms with van der Waals surface area (Å²) in [5.41, 5.74) is 0.460. The van der Waals surface area contributed by atoms with E-state index in [0.29, 0.717) is 35.2 Å². The molecule has 0 fully saturated rings. The van der Waals surface area contributed by atoms with Crippen molar-refractivity contribution in [2.24, 2.45) is 0 Å². The highest BCUT2D eigenvalue weighted by molar-refractivity contribution is 6.32. The van der Waals surface area contributed by atoms with Crippen LogP contribution in [0.25, 0.3) is 0 Å². The number of hydrogen-bond acceptors (Lipinski definition) is 4. The van der Waals surface area contributed by atoms with Gasteiger partial charge in [0.15, 0.2) is 11.5 Å². The standard InChI is InChI=1S/C12H14ClNO4/c1-16-4-2-3-14-12(15)8-5-9(13)11-10(6-8)17-7-18-11/h5-6H,2-4,7H2,1H3,(H,14,15). The van der Waals surface area contributed by atoms with E-state index < -0.39 is 0 Å². The van der Waals surface area contributed by atoms with E-state index in [1.165, 1.54) is 0 Å². The largest absolute Gasteiger partial charge is 0.454 e. The van der Waals surface area contributed by atoms with E-state index in [9.17, 15) is 4.79 Å². The van der Waals surface area contributed by atoms with Crippen molar-refractivity contribution in [3.8, 4) is 11.5 Å². The second-order valence-corrected chi connectivity index (χ2v) is 4.20. The van der Waals surface area contributed by atoms with Gasteiger partial charge in [0.25, 0.3) is 5.91 Å². The molecule has 1 amide bonds. The van der Waals surface area contributed by atoms with E-state index in [1.807, 2.05) is 0 Å². The molecule has 1 aliphatic rings. The minimum atomic E-state index is -0.189. The first-order valence-corrected chi connectivity index (χ1v) is 5.96. The Hall–Kier alpha value is -1.46. The minimum absolute atomic E-state index is 0.133. The van der Waals surface area contributed by atoms with Crippen molar-refractivity contribution in [2.45, 2.75) is 6.42 Å². The van der Waals surface area contributed by atoms with Crippen molar-refractivity contribution in [3.63, 3.8) is 0 Å².